The molecule has 0 aromatic rings. The van der Waals surface area contributed by atoms with Gasteiger partial charge in [0.05, 0.1) is 12.2 Å². The quantitative estimate of drug-likeness (QED) is 0.712. The van der Waals surface area contributed by atoms with Gasteiger partial charge in [-0.15, -0.1) is 0 Å². The fourth-order valence-corrected chi connectivity index (χ4v) is 7.64. The molecule has 0 heterocycles. The maximum absolute atomic E-state index is 11.5. The van der Waals surface area contributed by atoms with E-state index in [9.17, 15) is 15.0 Å². The molecule has 4 nitrogen and oxygen atoms in total. The Bertz CT molecular complexity index is 548. The molecule has 4 saturated carbocycles. The lowest BCUT2D eigenvalue weighted by Gasteiger charge is -2.62. The third-order valence-electron chi connectivity index (χ3n) is 8.96. The molecule has 0 radical (unpaired) electrons. The lowest BCUT2D eigenvalue weighted by atomic mass is 9.44. The lowest BCUT2D eigenvalue weighted by molar-refractivity contribution is -0.187. The van der Waals surface area contributed by atoms with E-state index in [2.05, 4.69) is 13.8 Å². The molecule has 4 aliphatic carbocycles. The molecule has 4 fully saturated rings. The summed E-state index contributed by atoms with van der Waals surface area (Å²) in [4.78, 5) is 11.5. The summed E-state index contributed by atoms with van der Waals surface area (Å²) in [5.74, 6) is 2.07. The minimum atomic E-state index is -0.385. The van der Waals surface area contributed by atoms with E-state index < -0.39 is 0 Å². The predicted octanol–water partition coefficient (Wildman–Crippen LogP) is 3.29. The van der Waals surface area contributed by atoms with Crippen molar-refractivity contribution < 1.29 is 19.7 Å². The minimum absolute atomic E-state index is 0.0526. The van der Waals surface area contributed by atoms with Gasteiger partial charge in [0.2, 0.25) is 0 Å². The number of carbonyl (C=O) groups excluding carboxylic acids is 1. The van der Waals surface area contributed by atoms with Crippen LogP contribution in [-0.2, 0) is 9.53 Å². The fourth-order valence-electron chi connectivity index (χ4n) is 7.64. The normalized spacial score (nSPS) is 55.0. The zero-order valence-electron chi connectivity index (χ0n) is 15.9. The molecule has 9 atom stereocenters. The summed E-state index contributed by atoms with van der Waals surface area (Å²) < 4.78 is 5.71. The monoisotopic (exact) mass is 350 g/mol. The van der Waals surface area contributed by atoms with Crippen LogP contribution in [0.3, 0.4) is 0 Å². The Hall–Kier alpha value is -0.610. The van der Waals surface area contributed by atoms with Crippen LogP contribution in [0.25, 0.3) is 0 Å². The van der Waals surface area contributed by atoms with Crippen LogP contribution in [0.5, 0.6) is 0 Å². The summed E-state index contributed by atoms with van der Waals surface area (Å²) in [6.45, 7) is 6.16. The summed E-state index contributed by atoms with van der Waals surface area (Å²) in [6.07, 6.45) is 7.42. The standard InChI is InChI=1S/C21H34O4/c1-12(22)25-19-7-6-16-15-5-4-13-10-14(23)11-18(24)21(13,3)17(15)8-9-20(16,19)2/h13-19,23-24H,4-11H2,1-3H3/t13-,14+,15-,16-,17-,18-,19-,20-,21-/m0/s1. The van der Waals surface area contributed by atoms with Gasteiger partial charge in [-0.05, 0) is 80.5 Å². The summed E-state index contributed by atoms with van der Waals surface area (Å²) >= 11 is 0. The number of hydrogen-bond acceptors (Lipinski definition) is 4. The Labute approximate surface area is 151 Å². The average Bonchev–Trinajstić information content (AvgIpc) is 2.85. The highest BCUT2D eigenvalue weighted by Gasteiger charge is 2.62. The Morgan fingerprint density at radius 2 is 1.76 bits per heavy atom. The van der Waals surface area contributed by atoms with E-state index in [0.717, 1.165) is 38.5 Å². The minimum Gasteiger partial charge on any atom is -0.462 e. The van der Waals surface area contributed by atoms with Crippen LogP contribution < -0.4 is 0 Å². The second-order valence-electron chi connectivity index (χ2n) is 9.88. The van der Waals surface area contributed by atoms with Crippen molar-refractivity contribution in [2.24, 2.45) is 34.5 Å². The molecule has 0 aliphatic heterocycles. The average molecular weight is 350 g/mol. The van der Waals surface area contributed by atoms with Crippen LogP contribution in [0.2, 0.25) is 0 Å². The van der Waals surface area contributed by atoms with Gasteiger partial charge in [-0.25, -0.2) is 0 Å². The molecule has 0 spiro atoms. The van der Waals surface area contributed by atoms with Gasteiger partial charge < -0.3 is 14.9 Å². The number of ether oxygens (including phenoxy) is 1. The van der Waals surface area contributed by atoms with Gasteiger partial charge in [-0.1, -0.05) is 13.8 Å². The molecular weight excluding hydrogens is 316 g/mol. The number of hydrogen-bond donors (Lipinski definition) is 2. The molecule has 4 heteroatoms. The topological polar surface area (TPSA) is 66.8 Å². The maximum atomic E-state index is 11.5. The highest BCUT2D eigenvalue weighted by Crippen LogP contribution is 2.66. The zero-order valence-corrected chi connectivity index (χ0v) is 15.9. The van der Waals surface area contributed by atoms with Gasteiger partial charge >= 0.3 is 5.97 Å². The van der Waals surface area contributed by atoms with E-state index in [1.54, 1.807) is 0 Å². The van der Waals surface area contributed by atoms with Crippen LogP contribution in [-0.4, -0.2) is 34.5 Å². The molecule has 4 rings (SSSR count). The van der Waals surface area contributed by atoms with Gasteiger partial charge in [0, 0.05) is 12.3 Å². The molecule has 0 unspecified atom stereocenters. The third kappa shape index (κ3) is 2.50. The molecular formula is C21H34O4. The van der Waals surface area contributed by atoms with Crippen LogP contribution in [0.4, 0.5) is 0 Å². The molecule has 0 aromatic carbocycles. The number of carbonyl (C=O) groups is 1. The van der Waals surface area contributed by atoms with Crippen molar-refractivity contribution in [3.05, 3.63) is 0 Å². The number of esters is 1. The number of fused-ring (bicyclic) bond motifs is 5. The molecule has 0 amide bonds. The first-order valence-corrected chi connectivity index (χ1v) is 10.3. The molecule has 0 saturated heterocycles. The third-order valence-corrected chi connectivity index (χ3v) is 8.96. The van der Waals surface area contributed by atoms with Crippen LogP contribution in [0.1, 0.15) is 72.1 Å². The van der Waals surface area contributed by atoms with Crippen molar-refractivity contribution in [3.8, 4) is 0 Å². The Balaban J connectivity index is 1.60. The predicted molar refractivity (Wildman–Crippen MR) is 94.7 cm³/mol. The Morgan fingerprint density at radius 1 is 1.00 bits per heavy atom. The number of aliphatic hydroxyl groups is 2. The van der Waals surface area contributed by atoms with E-state index >= 15 is 0 Å². The van der Waals surface area contributed by atoms with Crippen LogP contribution >= 0.6 is 0 Å². The van der Waals surface area contributed by atoms with Crippen LogP contribution in [0.15, 0.2) is 0 Å². The molecule has 0 bridgehead atoms. The molecule has 2 N–H and O–H groups in total. The molecule has 25 heavy (non-hydrogen) atoms. The van der Waals surface area contributed by atoms with Gasteiger partial charge in [0.25, 0.3) is 0 Å². The molecule has 142 valence electrons. The first kappa shape index (κ1) is 17.8. The smallest absolute Gasteiger partial charge is 0.302 e. The van der Waals surface area contributed by atoms with Gasteiger partial charge in [0.1, 0.15) is 6.10 Å². The fraction of sp³-hybridized carbons (Fsp3) is 0.952. The first-order chi connectivity index (χ1) is 11.8. The zero-order chi connectivity index (χ0) is 18.0. The highest BCUT2D eigenvalue weighted by atomic mass is 16.5. The van der Waals surface area contributed by atoms with Gasteiger partial charge in [-0.2, -0.15) is 0 Å². The summed E-state index contributed by atoms with van der Waals surface area (Å²) in [5, 5.41) is 21.0. The SMILES string of the molecule is CC(=O)O[C@H]1CC[C@H]2[C@@H]3CC[C@H]4C[C@@H](O)C[C@H](O)[C@]4(C)[C@H]3CC[C@]12C. The number of aliphatic hydroxyl groups excluding tert-OH is 2. The molecule has 0 aromatic heterocycles. The Kier molecular flexibility index (Phi) is 4.23. The van der Waals surface area contributed by atoms with E-state index in [0.29, 0.717) is 30.1 Å². The van der Waals surface area contributed by atoms with E-state index in [-0.39, 0.29) is 35.1 Å². The van der Waals surface area contributed by atoms with Crippen molar-refractivity contribution in [2.75, 3.05) is 0 Å². The number of rotatable bonds is 1. The lowest BCUT2D eigenvalue weighted by Crippen LogP contribution is -2.59. The van der Waals surface area contributed by atoms with Crippen molar-refractivity contribution in [2.45, 2.75) is 90.4 Å². The summed E-state index contributed by atoms with van der Waals surface area (Å²) in [6, 6.07) is 0. The summed E-state index contributed by atoms with van der Waals surface area (Å²) in [5.41, 5.74) is 0.0537. The van der Waals surface area contributed by atoms with Gasteiger partial charge in [0.15, 0.2) is 0 Å². The van der Waals surface area contributed by atoms with Crippen molar-refractivity contribution in [3.63, 3.8) is 0 Å². The van der Waals surface area contributed by atoms with E-state index in [4.69, 9.17) is 4.74 Å². The first-order valence-electron chi connectivity index (χ1n) is 10.3. The maximum Gasteiger partial charge on any atom is 0.302 e. The van der Waals surface area contributed by atoms with Gasteiger partial charge in [-0.3, -0.25) is 4.79 Å². The van der Waals surface area contributed by atoms with Crippen molar-refractivity contribution >= 4 is 5.97 Å². The summed E-state index contributed by atoms with van der Waals surface area (Å²) in [7, 11) is 0. The Morgan fingerprint density at radius 3 is 2.48 bits per heavy atom. The second kappa shape index (κ2) is 5.95. The van der Waals surface area contributed by atoms with E-state index in [1.807, 2.05) is 0 Å². The highest BCUT2D eigenvalue weighted by molar-refractivity contribution is 5.66. The van der Waals surface area contributed by atoms with Crippen LogP contribution in [0, 0.1) is 34.5 Å². The van der Waals surface area contributed by atoms with E-state index in [1.165, 1.54) is 13.3 Å². The van der Waals surface area contributed by atoms with Crippen molar-refractivity contribution in [1.82, 2.24) is 0 Å². The second-order valence-corrected chi connectivity index (χ2v) is 9.88. The van der Waals surface area contributed by atoms with Crippen molar-refractivity contribution in [1.29, 1.82) is 0 Å². The largest absolute Gasteiger partial charge is 0.462 e. The molecule has 4 aliphatic rings.